The summed E-state index contributed by atoms with van der Waals surface area (Å²) >= 11 is 0. The van der Waals surface area contributed by atoms with Crippen LogP contribution in [0.5, 0.6) is 0 Å². The number of methoxy groups -OCH3 is 1. The van der Waals surface area contributed by atoms with Crippen LogP contribution in [0.1, 0.15) is 88.0 Å². The van der Waals surface area contributed by atoms with Gasteiger partial charge in [-0.25, -0.2) is 4.79 Å². The molecule has 0 unspecified atom stereocenters. The molecule has 0 aromatic carbocycles. The van der Waals surface area contributed by atoms with Crippen LogP contribution in [0.4, 0.5) is 0 Å². The van der Waals surface area contributed by atoms with E-state index in [-0.39, 0.29) is 0 Å². The van der Waals surface area contributed by atoms with Crippen LogP contribution in [0.25, 0.3) is 0 Å². The van der Waals surface area contributed by atoms with Gasteiger partial charge in [0.1, 0.15) is 18.8 Å². The lowest BCUT2D eigenvalue weighted by atomic mass is 9.82. The molecule has 2 fully saturated rings. The van der Waals surface area contributed by atoms with E-state index in [1.807, 2.05) is 27.7 Å². The van der Waals surface area contributed by atoms with Crippen molar-refractivity contribution in [1.29, 1.82) is 0 Å². The summed E-state index contributed by atoms with van der Waals surface area (Å²) in [5.41, 5.74) is -1.23. The SMILES string of the molecule is COC(=O)[C@@]1(ON2C(C)(C)CCCC2(C)C)C[C@H](OC(C)=O)[C@@H](NC(C)=O)[C@H]([C@H](OC(C)=O)[C@@H](COC(C)=O)OC(C)=O)O1. The number of hydrogen-bond donors (Lipinski definition) is 1. The monoisotopic (exact) mass is 630 g/mol. The van der Waals surface area contributed by atoms with Gasteiger partial charge in [-0.2, -0.15) is 5.06 Å². The number of nitrogens with zero attached hydrogens (tertiary/aromatic N) is 1. The standard InChI is InChI=1S/C29H46N2O13/c1-16(32)30-23-21(40-18(3)34)14-29(26(37)38-10,44-31-27(6,7)12-11-13-28(31,8)9)43-25(23)24(42-20(5)36)22(41-19(4)35)15-39-17(2)33/h21-25H,11-15H2,1-10H3,(H,30,32)/t21-,22+,23+,24+,25+,29-/m0/s1. The van der Waals surface area contributed by atoms with Gasteiger partial charge in [0.2, 0.25) is 5.91 Å². The fourth-order valence-corrected chi connectivity index (χ4v) is 5.86. The fraction of sp³-hybridized carbons (Fsp3) is 0.793. The summed E-state index contributed by atoms with van der Waals surface area (Å²) in [5, 5.41) is 4.29. The van der Waals surface area contributed by atoms with Gasteiger partial charge in [0.25, 0.3) is 5.79 Å². The second-order valence-corrected chi connectivity index (χ2v) is 12.3. The number of carbonyl (C=O) groups excluding carboxylic acids is 6. The van der Waals surface area contributed by atoms with Crippen LogP contribution in [-0.2, 0) is 62.0 Å². The van der Waals surface area contributed by atoms with E-state index in [2.05, 4.69) is 5.32 Å². The first kappa shape index (κ1) is 36.9. The third kappa shape index (κ3) is 9.35. The van der Waals surface area contributed by atoms with Crippen LogP contribution < -0.4 is 5.32 Å². The van der Waals surface area contributed by atoms with Crippen molar-refractivity contribution in [3.8, 4) is 0 Å². The smallest absolute Gasteiger partial charge is 0.368 e. The normalized spacial score (nSPS) is 27.5. The number of carbonyl (C=O) groups is 6. The fourth-order valence-electron chi connectivity index (χ4n) is 5.86. The lowest BCUT2D eigenvalue weighted by Gasteiger charge is -2.56. The zero-order valence-electron chi connectivity index (χ0n) is 27.2. The number of rotatable bonds is 11. The van der Waals surface area contributed by atoms with Crippen LogP contribution in [0, 0.1) is 0 Å². The highest BCUT2D eigenvalue weighted by atomic mass is 16.8. The molecule has 0 bridgehead atoms. The molecular formula is C29H46N2O13. The van der Waals surface area contributed by atoms with Crippen molar-refractivity contribution < 1.29 is 62.0 Å². The molecule has 15 heteroatoms. The lowest BCUT2D eigenvalue weighted by molar-refractivity contribution is -0.417. The predicted octanol–water partition coefficient (Wildman–Crippen LogP) is 1.48. The Hall–Kier alpha value is -3.30. The number of piperidine rings is 1. The Balaban J connectivity index is 2.84. The molecule has 1 amide bonds. The average molecular weight is 631 g/mol. The van der Waals surface area contributed by atoms with E-state index < -0.39 is 96.1 Å². The number of ether oxygens (including phenoxy) is 6. The first-order chi connectivity index (χ1) is 20.2. The van der Waals surface area contributed by atoms with Gasteiger partial charge in [0, 0.05) is 45.7 Å². The average Bonchev–Trinajstić information content (AvgIpc) is 2.87. The Morgan fingerprint density at radius 1 is 0.864 bits per heavy atom. The molecule has 0 spiro atoms. The lowest BCUT2D eigenvalue weighted by Crippen LogP contribution is -2.72. The minimum absolute atomic E-state index is 0.446. The minimum Gasteiger partial charge on any atom is -0.465 e. The van der Waals surface area contributed by atoms with Gasteiger partial charge in [0.15, 0.2) is 12.2 Å². The summed E-state index contributed by atoms with van der Waals surface area (Å²) in [6.07, 6.45) is -4.18. The van der Waals surface area contributed by atoms with E-state index in [0.717, 1.165) is 41.2 Å². The van der Waals surface area contributed by atoms with Gasteiger partial charge in [0.05, 0.1) is 19.6 Å². The highest BCUT2D eigenvalue weighted by Gasteiger charge is 2.62. The van der Waals surface area contributed by atoms with Crippen LogP contribution in [-0.4, -0.2) is 102 Å². The van der Waals surface area contributed by atoms with Crippen molar-refractivity contribution in [3.05, 3.63) is 0 Å². The third-order valence-corrected chi connectivity index (χ3v) is 7.41. The first-order valence-electron chi connectivity index (χ1n) is 14.4. The molecule has 2 aliphatic rings. The summed E-state index contributed by atoms with van der Waals surface area (Å²) in [5.74, 6) is -7.09. The van der Waals surface area contributed by atoms with Gasteiger partial charge in [-0.15, -0.1) is 0 Å². The molecule has 2 heterocycles. The maximum Gasteiger partial charge on any atom is 0.368 e. The molecule has 0 saturated carbocycles. The van der Waals surface area contributed by atoms with Gasteiger partial charge in [-0.1, -0.05) is 0 Å². The Bertz CT molecular complexity index is 1090. The highest BCUT2D eigenvalue weighted by molar-refractivity contribution is 5.79. The Labute approximate surface area is 257 Å². The number of hydroxylamine groups is 2. The molecule has 2 rings (SSSR count). The molecule has 15 nitrogen and oxygen atoms in total. The molecule has 0 aliphatic carbocycles. The summed E-state index contributed by atoms with van der Waals surface area (Å²) in [7, 11) is 1.12. The number of esters is 5. The molecule has 0 aromatic rings. The van der Waals surface area contributed by atoms with Gasteiger partial charge in [-0.3, -0.25) is 28.8 Å². The molecule has 44 heavy (non-hydrogen) atoms. The maximum atomic E-state index is 13.7. The topological polar surface area (TPSA) is 182 Å². The van der Waals surface area contributed by atoms with Crippen LogP contribution >= 0.6 is 0 Å². The molecule has 2 saturated heterocycles. The van der Waals surface area contributed by atoms with Crippen molar-refractivity contribution in [2.45, 2.75) is 135 Å². The van der Waals surface area contributed by atoms with Crippen molar-refractivity contribution in [2.75, 3.05) is 13.7 Å². The zero-order chi connectivity index (χ0) is 33.6. The Kier molecular flexibility index (Phi) is 12.3. The number of hydrogen-bond acceptors (Lipinski definition) is 14. The molecule has 250 valence electrons. The summed E-state index contributed by atoms with van der Waals surface area (Å²) in [6, 6.07) is -1.28. The van der Waals surface area contributed by atoms with E-state index in [1.165, 1.54) is 6.92 Å². The van der Waals surface area contributed by atoms with Gasteiger partial charge < -0.3 is 33.7 Å². The van der Waals surface area contributed by atoms with Crippen LogP contribution in [0.15, 0.2) is 0 Å². The third-order valence-electron chi connectivity index (χ3n) is 7.41. The summed E-state index contributed by atoms with van der Waals surface area (Å²) < 4.78 is 33.3. The number of nitrogens with one attached hydrogen (secondary N) is 1. The van der Waals surface area contributed by atoms with Crippen LogP contribution in [0.2, 0.25) is 0 Å². The minimum atomic E-state index is -2.32. The van der Waals surface area contributed by atoms with Crippen molar-refractivity contribution in [2.24, 2.45) is 0 Å². The molecule has 0 aromatic heterocycles. The molecule has 6 atom stereocenters. The van der Waals surface area contributed by atoms with Crippen molar-refractivity contribution in [1.82, 2.24) is 10.4 Å². The largest absolute Gasteiger partial charge is 0.465 e. The van der Waals surface area contributed by atoms with E-state index in [1.54, 1.807) is 5.06 Å². The Morgan fingerprint density at radius 2 is 1.43 bits per heavy atom. The van der Waals surface area contributed by atoms with Gasteiger partial charge in [-0.05, 0) is 47.0 Å². The van der Waals surface area contributed by atoms with E-state index in [4.69, 9.17) is 33.3 Å². The van der Waals surface area contributed by atoms with Crippen molar-refractivity contribution >= 4 is 35.8 Å². The van der Waals surface area contributed by atoms with Gasteiger partial charge >= 0.3 is 29.8 Å². The summed E-state index contributed by atoms with van der Waals surface area (Å²) in [6.45, 7) is 12.8. The van der Waals surface area contributed by atoms with Crippen molar-refractivity contribution in [3.63, 3.8) is 0 Å². The molecular weight excluding hydrogens is 584 g/mol. The second-order valence-electron chi connectivity index (χ2n) is 12.3. The first-order valence-corrected chi connectivity index (χ1v) is 14.4. The predicted molar refractivity (Wildman–Crippen MR) is 150 cm³/mol. The maximum absolute atomic E-state index is 13.7. The van der Waals surface area contributed by atoms with Crippen LogP contribution in [0.3, 0.4) is 0 Å². The second kappa shape index (κ2) is 14.7. The molecule has 2 aliphatic heterocycles. The van der Waals surface area contributed by atoms with E-state index >= 15 is 0 Å². The molecule has 1 N–H and O–H groups in total. The highest BCUT2D eigenvalue weighted by Crippen LogP contribution is 2.44. The summed E-state index contributed by atoms with van der Waals surface area (Å²) in [4.78, 5) is 81.3. The van der Waals surface area contributed by atoms with E-state index in [0.29, 0.717) is 12.8 Å². The Morgan fingerprint density at radius 3 is 1.89 bits per heavy atom. The number of amides is 1. The molecule has 0 radical (unpaired) electrons. The zero-order valence-corrected chi connectivity index (χ0v) is 27.2. The quantitative estimate of drug-likeness (QED) is 0.256. The van der Waals surface area contributed by atoms with E-state index in [9.17, 15) is 28.8 Å².